The first-order valence-electron chi connectivity index (χ1n) is 11.0. The van der Waals surface area contributed by atoms with E-state index in [9.17, 15) is 15.0 Å². The number of hydrogen-bond acceptors (Lipinski definition) is 5. The first kappa shape index (κ1) is 23.1. The lowest BCUT2D eigenvalue weighted by Crippen LogP contribution is -2.40. The number of ether oxygens (including phenoxy) is 1. The van der Waals surface area contributed by atoms with Gasteiger partial charge in [0.05, 0.1) is 18.1 Å². The first-order chi connectivity index (χ1) is 13.4. The minimum atomic E-state index is -0.719. The van der Waals surface area contributed by atoms with Crippen molar-refractivity contribution in [3.63, 3.8) is 0 Å². The highest BCUT2D eigenvalue weighted by Gasteiger charge is 2.48. The Morgan fingerprint density at radius 3 is 2.46 bits per heavy atom. The standard InChI is InChI=1S/C23H39NO4/c1-5-7-11-24(12-8-6-2)15-18-22-20(26)13-16(3)9-10-19(25)17(4)14-21(22)28-23(18)27/h13,18-22,25-26H,4-12,14-15H2,1-3H3/b16-13+/t18?,19-,20+,21-,22?/m0/s1. The molecule has 1 aliphatic carbocycles. The molecule has 0 radical (unpaired) electrons. The molecule has 160 valence electrons. The summed E-state index contributed by atoms with van der Waals surface area (Å²) in [5.41, 5.74) is 1.73. The Labute approximate surface area is 170 Å². The third-order valence-electron chi connectivity index (χ3n) is 6.17. The maximum atomic E-state index is 12.8. The van der Waals surface area contributed by atoms with Crippen molar-refractivity contribution in [1.82, 2.24) is 4.90 Å². The highest BCUT2D eigenvalue weighted by atomic mass is 16.6. The Hall–Kier alpha value is -1.17. The molecule has 0 saturated carbocycles. The minimum absolute atomic E-state index is 0.223. The summed E-state index contributed by atoms with van der Waals surface area (Å²) >= 11 is 0. The van der Waals surface area contributed by atoms with Gasteiger partial charge in [0.1, 0.15) is 6.10 Å². The summed E-state index contributed by atoms with van der Waals surface area (Å²) in [5.74, 6) is -0.864. The van der Waals surface area contributed by atoms with Crippen LogP contribution in [0.15, 0.2) is 23.8 Å². The third-order valence-corrected chi connectivity index (χ3v) is 6.17. The molecule has 5 nitrogen and oxygen atoms in total. The van der Waals surface area contributed by atoms with Crippen molar-refractivity contribution < 1.29 is 19.7 Å². The topological polar surface area (TPSA) is 70.0 Å². The predicted molar refractivity (Wildman–Crippen MR) is 112 cm³/mol. The molecule has 1 aliphatic heterocycles. The van der Waals surface area contributed by atoms with Crippen LogP contribution in [0.1, 0.15) is 65.7 Å². The van der Waals surface area contributed by atoms with Crippen LogP contribution in [0.25, 0.3) is 0 Å². The Bertz CT molecular complexity index is 551. The number of carbonyl (C=O) groups excluding carboxylic acids is 1. The molecule has 0 aromatic heterocycles. The Morgan fingerprint density at radius 2 is 1.86 bits per heavy atom. The highest BCUT2D eigenvalue weighted by molar-refractivity contribution is 5.76. The largest absolute Gasteiger partial charge is 0.461 e. The Morgan fingerprint density at radius 1 is 1.21 bits per heavy atom. The van der Waals surface area contributed by atoms with E-state index in [0.717, 1.165) is 44.3 Å². The van der Waals surface area contributed by atoms with Gasteiger partial charge >= 0.3 is 5.97 Å². The van der Waals surface area contributed by atoms with Crippen LogP contribution >= 0.6 is 0 Å². The second kappa shape index (κ2) is 11.1. The maximum absolute atomic E-state index is 12.8. The van der Waals surface area contributed by atoms with Crippen molar-refractivity contribution in [2.75, 3.05) is 19.6 Å². The molecule has 0 aromatic rings. The molecule has 1 fully saturated rings. The molecule has 2 aliphatic rings. The molecule has 28 heavy (non-hydrogen) atoms. The van der Waals surface area contributed by atoms with Crippen LogP contribution < -0.4 is 0 Å². The number of esters is 1. The monoisotopic (exact) mass is 393 g/mol. The van der Waals surface area contributed by atoms with E-state index in [-0.39, 0.29) is 17.8 Å². The average molecular weight is 394 g/mol. The lowest BCUT2D eigenvalue weighted by atomic mass is 9.80. The molecule has 0 bridgehead atoms. The zero-order valence-electron chi connectivity index (χ0n) is 17.9. The smallest absolute Gasteiger partial charge is 0.311 e. The zero-order valence-corrected chi connectivity index (χ0v) is 17.9. The Balaban J connectivity index is 2.23. The summed E-state index contributed by atoms with van der Waals surface area (Å²) in [4.78, 5) is 15.1. The summed E-state index contributed by atoms with van der Waals surface area (Å²) in [6.07, 6.45) is 6.28. The molecule has 0 amide bonds. The quantitative estimate of drug-likeness (QED) is 0.488. The Kier molecular flexibility index (Phi) is 9.19. The van der Waals surface area contributed by atoms with Gasteiger partial charge in [-0.3, -0.25) is 4.79 Å². The first-order valence-corrected chi connectivity index (χ1v) is 11.0. The lowest BCUT2D eigenvalue weighted by Gasteiger charge is -2.30. The molecule has 2 rings (SSSR count). The fraction of sp³-hybridized carbons (Fsp3) is 0.783. The van der Waals surface area contributed by atoms with Crippen molar-refractivity contribution >= 4 is 5.97 Å². The molecule has 2 unspecified atom stereocenters. The van der Waals surface area contributed by atoms with E-state index in [2.05, 4.69) is 25.3 Å². The van der Waals surface area contributed by atoms with Crippen LogP contribution in [0.5, 0.6) is 0 Å². The van der Waals surface area contributed by atoms with Gasteiger partial charge in [0, 0.05) is 18.9 Å². The van der Waals surface area contributed by atoms with E-state index < -0.39 is 18.3 Å². The molecular weight excluding hydrogens is 354 g/mol. The summed E-state index contributed by atoms with van der Waals surface area (Å²) < 4.78 is 5.72. The van der Waals surface area contributed by atoms with Gasteiger partial charge in [-0.25, -0.2) is 0 Å². The third kappa shape index (κ3) is 6.16. The number of hydrogen-bond donors (Lipinski definition) is 2. The number of aliphatic hydroxyl groups excluding tert-OH is 2. The van der Waals surface area contributed by atoms with Gasteiger partial charge in [-0.1, -0.05) is 44.9 Å². The molecule has 2 N–H and O–H groups in total. The highest BCUT2D eigenvalue weighted by Crippen LogP contribution is 2.37. The van der Waals surface area contributed by atoms with E-state index in [1.165, 1.54) is 0 Å². The van der Waals surface area contributed by atoms with Crippen LogP contribution in [0.3, 0.4) is 0 Å². The number of nitrogens with zero attached hydrogens (tertiary/aromatic N) is 1. The van der Waals surface area contributed by atoms with Crippen molar-refractivity contribution in [1.29, 1.82) is 0 Å². The molecular formula is C23H39NO4. The molecule has 5 heteroatoms. The average Bonchev–Trinajstić information content (AvgIpc) is 2.95. The predicted octanol–water partition coefficient (Wildman–Crippen LogP) is 3.45. The number of rotatable bonds is 8. The van der Waals surface area contributed by atoms with Crippen molar-refractivity contribution in [2.45, 2.75) is 84.0 Å². The second-order valence-corrected chi connectivity index (χ2v) is 8.59. The molecule has 0 spiro atoms. The maximum Gasteiger partial charge on any atom is 0.311 e. The van der Waals surface area contributed by atoms with Gasteiger partial charge in [-0.15, -0.1) is 0 Å². The molecule has 1 saturated heterocycles. The van der Waals surface area contributed by atoms with E-state index in [0.29, 0.717) is 31.4 Å². The van der Waals surface area contributed by atoms with Gasteiger partial charge in [0.2, 0.25) is 0 Å². The van der Waals surface area contributed by atoms with E-state index in [1.807, 2.05) is 13.0 Å². The summed E-state index contributed by atoms with van der Waals surface area (Å²) in [6.45, 7) is 12.9. The number of allylic oxidation sites excluding steroid dienone is 1. The van der Waals surface area contributed by atoms with E-state index >= 15 is 0 Å². The van der Waals surface area contributed by atoms with Crippen LogP contribution in [0.2, 0.25) is 0 Å². The number of unbranched alkanes of at least 4 members (excludes halogenated alkanes) is 2. The van der Waals surface area contributed by atoms with Crippen LogP contribution in [0.4, 0.5) is 0 Å². The van der Waals surface area contributed by atoms with E-state index in [1.54, 1.807) is 0 Å². The van der Waals surface area contributed by atoms with Crippen LogP contribution in [-0.4, -0.2) is 59.0 Å². The van der Waals surface area contributed by atoms with Crippen molar-refractivity contribution in [3.05, 3.63) is 23.8 Å². The second-order valence-electron chi connectivity index (χ2n) is 8.59. The zero-order chi connectivity index (χ0) is 20.7. The number of aliphatic hydroxyl groups is 2. The number of fused-ring (bicyclic) bond motifs is 1. The van der Waals surface area contributed by atoms with Crippen LogP contribution in [-0.2, 0) is 9.53 Å². The van der Waals surface area contributed by atoms with E-state index in [4.69, 9.17) is 4.74 Å². The molecule has 0 aromatic carbocycles. The van der Waals surface area contributed by atoms with Crippen molar-refractivity contribution in [3.8, 4) is 0 Å². The van der Waals surface area contributed by atoms with Gasteiger partial charge < -0.3 is 19.8 Å². The van der Waals surface area contributed by atoms with Crippen molar-refractivity contribution in [2.24, 2.45) is 11.8 Å². The summed E-state index contributed by atoms with van der Waals surface area (Å²) in [5, 5.41) is 21.3. The van der Waals surface area contributed by atoms with Gasteiger partial charge in [0.15, 0.2) is 0 Å². The van der Waals surface area contributed by atoms with Crippen LogP contribution in [0, 0.1) is 11.8 Å². The lowest BCUT2D eigenvalue weighted by molar-refractivity contribution is -0.144. The van der Waals surface area contributed by atoms with Gasteiger partial charge in [0.25, 0.3) is 0 Å². The normalized spacial score (nSPS) is 33.4. The summed E-state index contributed by atoms with van der Waals surface area (Å²) in [7, 11) is 0. The minimum Gasteiger partial charge on any atom is -0.461 e. The van der Waals surface area contributed by atoms with Gasteiger partial charge in [-0.05, 0) is 51.3 Å². The summed E-state index contributed by atoms with van der Waals surface area (Å²) in [6, 6.07) is 0. The number of carbonyl (C=O) groups is 1. The molecule has 5 atom stereocenters. The molecule has 1 heterocycles. The fourth-order valence-corrected chi connectivity index (χ4v) is 4.35. The van der Waals surface area contributed by atoms with Gasteiger partial charge in [-0.2, -0.15) is 0 Å². The fourth-order valence-electron chi connectivity index (χ4n) is 4.35. The SMILES string of the molecule is C=C1C[C@@H]2OC(=O)C(CN(CCCC)CCCC)C2[C@H](O)/C=C(\C)CC[C@@H]1O.